The third-order valence-electron chi connectivity index (χ3n) is 14.1. The Balaban J connectivity index is 1.59. The smallest absolute Gasteiger partial charge is 0.00996 e. The molecule has 0 radical (unpaired) electrons. The molecule has 13 saturated carbocycles. The Hall–Kier alpha value is 0. The molecule has 13 aliphatic rings. The molecular weight excluding hydrogens is 240 g/mol. The van der Waals surface area contributed by atoms with Crippen LogP contribution in [-0.2, 0) is 0 Å². The Morgan fingerprint density at radius 3 is 0.750 bits per heavy atom. The van der Waals surface area contributed by atoms with Gasteiger partial charge >= 0.3 is 0 Å². The van der Waals surface area contributed by atoms with Crippen molar-refractivity contribution in [2.24, 2.45) is 92.7 Å². The third-order valence-corrected chi connectivity index (χ3v) is 14.1. The van der Waals surface area contributed by atoms with Crippen LogP contribution in [0.25, 0.3) is 0 Å². The molecule has 0 nitrogen and oxygen atoms in total. The summed E-state index contributed by atoms with van der Waals surface area (Å²) < 4.78 is 0. The molecule has 0 N–H and O–H groups in total. The lowest BCUT2D eigenvalue weighted by Crippen LogP contribution is -2.73. The van der Waals surface area contributed by atoms with Crippen LogP contribution < -0.4 is 0 Å². The lowest BCUT2D eigenvalue weighted by atomic mass is 9.28. The average Bonchev–Trinajstić information content (AvgIpc) is 3.09. The van der Waals surface area contributed by atoms with E-state index in [2.05, 4.69) is 0 Å². The molecular formula is C20H20. The van der Waals surface area contributed by atoms with Crippen LogP contribution in [0.4, 0.5) is 0 Å². The van der Waals surface area contributed by atoms with Crippen LogP contribution in [0, 0.1) is 92.7 Å². The van der Waals surface area contributed by atoms with E-state index >= 15 is 0 Å². The monoisotopic (exact) mass is 260 g/mol. The standard InChI is InChI=1S/C20H20/c1-5-13-7-2-8-14(13)6(1)18-10-3-9-15-11-4-12(16(10)15)20(8,18)19(7,11)17(5,9)18/h5-16H,1-4H2. The fourth-order valence-corrected chi connectivity index (χ4v) is 16.8. The van der Waals surface area contributed by atoms with Crippen LogP contribution in [0.15, 0.2) is 0 Å². The zero-order valence-electron chi connectivity index (χ0n) is 11.8. The molecule has 8 atom stereocenters. The largest absolute Gasteiger partial charge is 0.0459 e. The van der Waals surface area contributed by atoms with E-state index in [1.165, 1.54) is 71.0 Å². The summed E-state index contributed by atoms with van der Waals surface area (Å²) in [6.07, 6.45) is 7.10. The number of rotatable bonds is 0. The highest BCUT2D eigenvalue weighted by molar-refractivity contribution is 5.65. The lowest BCUT2D eigenvalue weighted by Gasteiger charge is -2.74. The molecule has 20 heavy (non-hydrogen) atoms. The maximum absolute atomic E-state index is 1.78. The minimum Gasteiger partial charge on any atom is -0.0459 e. The van der Waals surface area contributed by atoms with E-state index in [1.54, 1.807) is 25.7 Å². The van der Waals surface area contributed by atoms with E-state index in [4.69, 9.17) is 0 Å². The fraction of sp³-hybridized carbons (Fsp3) is 1.00. The lowest BCUT2D eigenvalue weighted by molar-refractivity contribution is -0.297. The molecule has 100 valence electrons. The van der Waals surface area contributed by atoms with Crippen molar-refractivity contribution in [3.63, 3.8) is 0 Å². The Labute approximate surface area is 119 Å². The van der Waals surface area contributed by atoms with Gasteiger partial charge in [0.15, 0.2) is 0 Å². The van der Waals surface area contributed by atoms with Crippen molar-refractivity contribution >= 4 is 0 Å². The van der Waals surface area contributed by atoms with E-state index in [0.717, 1.165) is 21.7 Å². The van der Waals surface area contributed by atoms with Crippen molar-refractivity contribution < 1.29 is 0 Å². The van der Waals surface area contributed by atoms with E-state index < -0.39 is 0 Å². The van der Waals surface area contributed by atoms with Gasteiger partial charge < -0.3 is 0 Å². The highest BCUT2D eigenvalue weighted by atomic mass is 15.2. The molecule has 8 unspecified atom stereocenters. The van der Waals surface area contributed by atoms with Crippen molar-refractivity contribution in [3.8, 4) is 0 Å². The van der Waals surface area contributed by atoms with Gasteiger partial charge in [-0.15, -0.1) is 0 Å². The van der Waals surface area contributed by atoms with Gasteiger partial charge in [-0.05, 0) is 118 Å². The van der Waals surface area contributed by atoms with Crippen LogP contribution in [0.3, 0.4) is 0 Å². The maximum Gasteiger partial charge on any atom is -0.00996 e. The van der Waals surface area contributed by atoms with E-state index in [-0.39, 0.29) is 0 Å². The zero-order valence-corrected chi connectivity index (χ0v) is 11.8. The van der Waals surface area contributed by atoms with Gasteiger partial charge in [0.05, 0.1) is 0 Å². The Morgan fingerprint density at radius 1 is 0.350 bits per heavy atom. The van der Waals surface area contributed by atoms with Gasteiger partial charge in [-0.25, -0.2) is 0 Å². The first-order valence-corrected chi connectivity index (χ1v) is 9.91. The third kappa shape index (κ3) is 0.265. The van der Waals surface area contributed by atoms with Crippen molar-refractivity contribution in [2.45, 2.75) is 25.7 Å². The van der Waals surface area contributed by atoms with Gasteiger partial charge in [0.1, 0.15) is 0 Å². The van der Waals surface area contributed by atoms with E-state index in [0.29, 0.717) is 0 Å². The molecule has 0 aliphatic heterocycles. The normalized spacial score (nSPS) is 108. The van der Waals surface area contributed by atoms with Crippen molar-refractivity contribution in [2.75, 3.05) is 0 Å². The highest BCUT2D eigenvalue weighted by Crippen LogP contribution is 3.22. The molecule has 0 saturated heterocycles. The van der Waals surface area contributed by atoms with Crippen molar-refractivity contribution in [1.82, 2.24) is 0 Å². The second-order valence-electron chi connectivity index (χ2n) is 11.6. The van der Waals surface area contributed by atoms with Crippen LogP contribution in [0.1, 0.15) is 25.7 Å². The molecule has 0 aromatic rings. The predicted octanol–water partition coefficient (Wildman–Crippen LogP) is 3.04. The summed E-state index contributed by atoms with van der Waals surface area (Å²) in [7, 11) is 0. The summed E-state index contributed by atoms with van der Waals surface area (Å²) in [5, 5.41) is 0. The second-order valence-corrected chi connectivity index (χ2v) is 11.6. The van der Waals surface area contributed by atoms with Crippen molar-refractivity contribution in [1.29, 1.82) is 0 Å². The quantitative estimate of drug-likeness (QED) is 0.628. The topological polar surface area (TPSA) is 0 Å². The Morgan fingerprint density at radius 2 is 0.550 bits per heavy atom. The van der Waals surface area contributed by atoms with Gasteiger partial charge in [-0.2, -0.15) is 0 Å². The van der Waals surface area contributed by atoms with Gasteiger partial charge in [0.2, 0.25) is 0 Å². The first-order valence-electron chi connectivity index (χ1n) is 9.91. The Bertz CT molecular complexity index is 576. The number of hydrogen-bond donors (Lipinski definition) is 0. The number of hydrogen-bond acceptors (Lipinski definition) is 0. The van der Waals surface area contributed by atoms with Gasteiger partial charge in [-0.1, -0.05) is 0 Å². The fourth-order valence-electron chi connectivity index (χ4n) is 16.8. The summed E-state index contributed by atoms with van der Waals surface area (Å²) in [4.78, 5) is 0. The molecule has 8 bridgehead atoms. The molecule has 13 rings (SSSR count). The van der Waals surface area contributed by atoms with Gasteiger partial charge in [0, 0.05) is 0 Å². The average molecular weight is 260 g/mol. The summed E-state index contributed by atoms with van der Waals surface area (Å²) >= 11 is 0. The predicted molar refractivity (Wildman–Crippen MR) is 70.1 cm³/mol. The molecule has 0 amide bonds. The zero-order chi connectivity index (χ0) is 11.8. The molecule has 13 fully saturated rings. The molecule has 4 spiro atoms. The van der Waals surface area contributed by atoms with Gasteiger partial charge in [-0.3, -0.25) is 0 Å². The van der Waals surface area contributed by atoms with Crippen LogP contribution >= 0.6 is 0 Å². The molecule has 0 aromatic carbocycles. The Kier molecular flexibility index (Phi) is 0.603. The first kappa shape index (κ1) is 8.02. The second kappa shape index (κ2) is 1.50. The summed E-state index contributed by atoms with van der Waals surface area (Å²) in [6, 6.07) is 0. The SMILES string of the molecule is C1C2C3C4C1C15C6CC7C8C6C6CC8C8(C3CC4C618)C275. The molecule has 0 heteroatoms. The molecule has 13 aliphatic carbocycles. The van der Waals surface area contributed by atoms with Crippen molar-refractivity contribution in [3.05, 3.63) is 0 Å². The van der Waals surface area contributed by atoms with E-state index in [1.807, 2.05) is 0 Å². The summed E-state index contributed by atoms with van der Waals surface area (Å²) in [5.74, 6) is 15.7. The first-order chi connectivity index (χ1) is 9.91. The maximum atomic E-state index is 1.78. The van der Waals surface area contributed by atoms with Gasteiger partial charge in [0.25, 0.3) is 0 Å². The molecule has 0 aromatic heterocycles. The van der Waals surface area contributed by atoms with Crippen LogP contribution in [0.5, 0.6) is 0 Å². The van der Waals surface area contributed by atoms with Crippen LogP contribution in [0.2, 0.25) is 0 Å². The highest BCUT2D eigenvalue weighted by Gasteiger charge is 3.19. The minimum absolute atomic E-state index is 1.05. The van der Waals surface area contributed by atoms with E-state index in [9.17, 15) is 0 Å². The van der Waals surface area contributed by atoms with Crippen LogP contribution in [-0.4, -0.2) is 0 Å². The molecule has 0 heterocycles. The summed E-state index contributed by atoms with van der Waals surface area (Å²) in [5.41, 5.74) is 4.18. The minimum atomic E-state index is 1.05. The summed E-state index contributed by atoms with van der Waals surface area (Å²) in [6.45, 7) is 0.